The molecule has 0 unspecified atom stereocenters. The zero-order valence-corrected chi connectivity index (χ0v) is 10.7. The predicted molar refractivity (Wildman–Crippen MR) is 59.8 cm³/mol. The van der Waals surface area contributed by atoms with Crippen LogP contribution >= 0.6 is 0 Å². The largest absolute Gasteiger partial charge is 0.384 e. The van der Waals surface area contributed by atoms with Crippen LogP contribution in [0.15, 0.2) is 0 Å². The van der Waals surface area contributed by atoms with Crippen molar-refractivity contribution >= 4 is 0 Å². The summed E-state index contributed by atoms with van der Waals surface area (Å²) in [7, 11) is 1.66. The molecule has 0 aromatic heterocycles. The molecule has 90 valence electrons. The lowest BCUT2D eigenvalue weighted by molar-refractivity contribution is -0.269. The first-order chi connectivity index (χ1) is 6.74. The van der Waals surface area contributed by atoms with E-state index < -0.39 is 11.2 Å². The molecule has 0 amide bonds. The molecular formula is C12H24O3. The van der Waals surface area contributed by atoms with Crippen LogP contribution in [-0.2, 0) is 9.47 Å². The number of aliphatic hydroxyl groups is 1. The van der Waals surface area contributed by atoms with Gasteiger partial charge in [0.2, 0.25) is 0 Å². The summed E-state index contributed by atoms with van der Waals surface area (Å²) < 4.78 is 11.3. The summed E-state index contributed by atoms with van der Waals surface area (Å²) in [5.74, 6) is 0.443. The zero-order chi connectivity index (χ0) is 11.9. The van der Waals surface area contributed by atoms with E-state index in [4.69, 9.17) is 9.47 Å². The van der Waals surface area contributed by atoms with Gasteiger partial charge in [-0.25, -0.2) is 0 Å². The minimum atomic E-state index is -0.937. The highest BCUT2D eigenvalue weighted by Crippen LogP contribution is 2.41. The molecule has 1 fully saturated rings. The highest BCUT2D eigenvalue weighted by Gasteiger charge is 2.53. The predicted octanol–water partition coefficient (Wildman–Crippen LogP) is 1.98. The Hall–Kier alpha value is -0.120. The Balaban J connectivity index is 2.92. The second-order valence-corrected chi connectivity index (χ2v) is 5.35. The van der Waals surface area contributed by atoms with Gasteiger partial charge in [0.05, 0.1) is 17.8 Å². The van der Waals surface area contributed by atoms with Crippen molar-refractivity contribution in [2.75, 3.05) is 7.11 Å². The molecule has 1 heterocycles. The highest BCUT2D eigenvalue weighted by molar-refractivity contribution is 5.04. The molecule has 1 N–H and O–H groups in total. The van der Waals surface area contributed by atoms with Crippen LogP contribution in [0.25, 0.3) is 0 Å². The quantitative estimate of drug-likeness (QED) is 0.767. The van der Waals surface area contributed by atoms with Crippen molar-refractivity contribution in [1.82, 2.24) is 0 Å². The number of ether oxygens (including phenoxy) is 2. The molecule has 1 aliphatic heterocycles. The van der Waals surface area contributed by atoms with Gasteiger partial charge in [0.1, 0.15) is 5.60 Å². The van der Waals surface area contributed by atoms with E-state index >= 15 is 0 Å². The number of methoxy groups -OCH3 is 1. The normalized spacial score (nSPS) is 47.2. The molecule has 3 nitrogen and oxygen atoms in total. The average Bonchev–Trinajstić information content (AvgIpc) is 2.14. The first-order valence-electron chi connectivity index (χ1n) is 5.67. The fourth-order valence-electron chi connectivity index (χ4n) is 2.15. The lowest BCUT2D eigenvalue weighted by Gasteiger charge is -2.52. The minimum absolute atomic E-state index is 0.158. The summed E-state index contributed by atoms with van der Waals surface area (Å²) in [6.45, 7) is 9.92. The summed E-state index contributed by atoms with van der Waals surface area (Å²) in [5, 5.41) is 10.4. The molecule has 0 radical (unpaired) electrons. The fourth-order valence-corrected chi connectivity index (χ4v) is 2.15. The lowest BCUT2D eigenvalue weighted by atomic mass is 9.74. The second kappa shape index (κ2) is 4.04. The van der Waals surface area contributed by atoms with Crippen molar-refractivity contribution in [2.45, 2.75) is 64.4 Å². The van der Waals surface area contributed by atoms with Crippen LogP contribution in [-0.4, -0.2) is 35.6 Å². The van der Waals surface area contributed by atoms with Gasteiger partial charge in [-0.05, 0) is 26.7 Å². The first-order valence-corrected chi connectivity index (χ1v) is 5.67. The van der Waals surface area contributed by atoms with Crippen LogP contribution in [0.5, 0.6) is 0 Å². The van der Waals surface area contributed by atoms with Gasteiger partial charge in [0, 0.05) is 13.5 Å². The van der Waals surface area contributed by atoms with Gasteiger partial charge in [-0.1, -0.05) is 13.8 Å². The van der Waals surface area contributed by atoms with E-state index in [1.165, 1.54) is 0 Å². The second-order valence-electron chi connectivity index (χ2n) is 5.35. The molecule has 0 saturated carbocycles. The van der Waals surface area contributed by atoms with Crippen molar-refractivity contribution in [3.8, 4) is 0 Å². The van der Waals surface area contributed by atoms with E-state index in [-0.39, 0.29) is 12.2 Å². The number of hydrogen-bond donors (Lipinski definition) is 1. The summed E-state index contributed by atoms with van der Waals surface area (Å²) >= 11 is 0. The number of rotatable bonds is 2. The minimum Gasteiger partial charge on any atom is -0.384 e. The molecule has 0 spiro atoms. The van der Waals surface area contributed by atoms with E-state index in [1.807, 2.05) is 13.8 Å². The van der Waals surface area contributed by atoms with Crippen molar-refractivity contribution in [1.29, 1.82) is 0 Å². The monoisotopic (exact) mass is 216 g/mol. The molecule has 15 heavy (non-hydrogen) atoms. The van der Waals surface area contributed by atoms with Gasteiger partial charge in [-0.3, -0.25) is 0 Å². The first kappa shape index (κ1) is 12.9. The molecule has 4 atom stereocenters. The van der Waals surface area contributed by atoms with Crippen molar-refractivity contribution in [2.24, 2.45) is 5.92 Å². The van der Waals surface area contributed by atoms with Gasteiger partial charge in [0.25, 0.3) is 0 Å². The Morgan fingerprint density at radius 1 is 1.40 bits per heavy atom. The van der Waals surface area contributed by atoms with Crippen LogP contribution in [0.3, 0.4) is 0 Å². The molecule has 0 bridgehead atoms. The maximum Gasteiger partial charge on any atom is 0.116 e. The molecule has 0 aliphatic carbocycles. The van der Waals surface area contributed by atoms with E-state index in [2.05, 4.69) is 13.8 Å². The van der Waals surface area contributed by atoms with Crippen molar-refractivity contribution in [3.05, 3.63) is 0 Å². The SMILES string of the molecule is CO[C@]1(C)C[C@H](C(C)C)O[C@@H](C)[C@@]1(C)O. The fraction of sp³-hybridized carbons (Fsp3) is 1.00. The van der Waals surface area contributed by atoms with E-state index in [0.717, 1.165) is 6.42 Å². The lowest BCUT2D eigenvalue weighted by Crippen LogP contribution is -2.64. The molecule has 0 aromatic rings. The van der Waals surface area contributed by atoms with Gasteiger partial charge in [-0.15, -0.1) is 0 Å². The smallest absolute Gasteiger partial charge is 0.116 e. The Labute approximate surface area is 92.8 Å². The Morgan fingerprint density at radius 3 is 2.33 bits per heavy atom. The molecule has 0 aromatic carbocycles. The van der Waals surface area contributed by atoms with Gasteiger partial charge in [-0.2, -0.15) is 0 Å². The van der Waals surface area contributed by atoms with E-state index in [9.17, 15) is 5.11 Å². The maximum atomic E-state index is 10.4. The van der Waals surface area contributed by atoms with Gasteiger partial charge >= 0.3 is 0 Å². The van der Waals surface area contributed by atoms with Crippen LogP contribution in [0.2, 0.25) is 0 Å². The summed E-state index contributed by atoms with van der Waals surface area (Å²) in [6, 6.07) is 0. The average molecular weight is 216 g/mol. The maximum absolute atomic E-state index is 10.4. The molecular weight excluding hydrogens is 192 g/mol. The summed E-state index contributed by atoms with van der Waals surface area (Å²) in [6.07, 6.45) is 0.687. The third kappa shape index (κ3) is 2.05. The third-order valence-electron chi connectivity index (χ3n) is 4.03. The standard InChI is InChI=1S/C12H24O3/c1-8(2)10-7-11(4,14-6)12(5,13)9(3)15-10/h8-10,13H,7H2,1-6H3/t9-,10+,11+,12+/m0/s1. The van der Waals surface area contributed by atoms with Crippen molar-refractivity contribution < 1.29 is 14.6 Å². The molecule has 1 saturated heterocycles. The van der Waals surface area contributed by atoms with Crippen LogP contribution < -0.4 is 0 Å². The van der Waals surface area contributed by atoms with Crippen LogP contribution in [0.1, 0.15) is 41.0 Å². The van der Waals surface area contributed by atoms with Crippen LogP contribution in [0, 0.1) is 5.92 Å². The molecule has 3 heteroatoms. The van der Waals surface area contributed by atoms with Crippen molar-refractivity contribution in [3.63, 3.8) is 0 Å². The molecule has 1 aliphatic rings. The zero-order valence-electron chi connectivity index (χ0n) is 10.7. The van der Waals surface area contributed by atoms with E-state index in [0.29, 0.717) is 5.92 Å². The summed E-state index contributed by atoms with van der Waals surface area (Å²) in [5.41, 5.74) is -1.47. The topological polar surface area (TPSA) is 38.7 Å². The molecule has 1 rings (SSSR count). The Bertz CT molecular complexity index is 225. The summed E-state index contributed by atoms with van der Waals surface area (Å²) in [4.78, 5) is 0. The van der Waals surface area contributed by atoms with Gasteiger partial charge in [0.15, 0.2) is 0 Å². The van der Waals surface area contributed by atoms with E-state index in [1.54, 1.807) is 14.0 Å². The Kier molecular flexibility index (Phi) is 3.49. The third-order valence-corrected chi connectivity index (χ3v) is 4.03. The van der Waals surface area contributed by atoms with Gasteiger partial charge < -0.3 is 14.6 Å². The Morgan fingerprint density at radius 2 is 1.93 bits per heavy atom. The number of hydrogen-bond acceptors (Lipinski definition) is 3. The highest BCUT2D eigenvalue weighted by atomic mass is 16.5. The van der Waals surface area contributed by atoms with Crippen LogP contribution in [0.4, 0.5) is 0 Å².